The van der Waals surface area contributed by atoms with Crippen molar-refractivity contribution in [3.05, 3.63) is 0 Å². The number of amides is 1. The van der Waals surface area contributed by atoms with Crippen molar-refractivity contribution >= 4 is 24.2 Å². The fraction of sp³-hybridized carbons (Fsp3) is 0.955. The van der Waals surface area contributed by atoms with Gasteiger partial charge in [-0.1, -0.05) is 26.7 Å². The predicted molar refractivity (Wildman–Crippen MR) is 133 cm³/mol. The first-order chi connectivity index (χ1) is 14.9. The number of nitrogens with one attached hydrogen (secondary N) is 2. The summed E-state index contributed by atoms with van der Waals surface area (Å²) in [5, 5.41) is 6.07. The van der Waals surface area contributed by atoms with Crippen LogP contribution in [0.1, 0.15) is 72.6 Å². The van der Waals surface area contributed by atoms with Crippen molar-refractivity contribution in [3.8, 4) is 0 Å². The van der Waals surface area contributed by atoms with E-state index >= 15 is 0 Å². The summed E-state index contributed by atoms with van der Waals surface area (Å²) in [6.07, 6.45) is 5.56. The highest BCUT2D eigenvalue weighted by molar-refractivity contribution is 8.09. The largest absolute Gasteiger partial charge is 0.376 e. The predicted octanol–water partition coefficient (Wildman–Crippen LogP) is 3.77. The highest BCUT2D eigenvalue weighted by Gasteiger charge is 2.20. The van der Waals surface area contributed by atoms with Gasteiger partial charge in [-0.15, -0.1) is 0 Å². The second kappa shape index (κ2) is 18.2. The minimum absolute atomic E-state index is 0.000252. The summed E-state index contributed by atoms with van der Waals surface area (Å²) in [6, 6.07) is 0. The molecule has 0 heterocycles. The Bertz CT molecular complexity index is 531. The zero-order valence-corrected chi connectivity index (χ0v) is 22.7. The van der Waals surface area contributed by atoms with Crippen molar-refractivity contribution in [3.63, 3.8) is 0 Å². The van der Waals surface area contributed by atoms with Crippen LogP contribution >= 0.6 is 6.49 Å². The van der Waals surface area contributed by atoms with E-state index in [0.29, 0.717) is 38.5 Å². The van der Waals surface area contributed by atoms with Gasteiger partial charge in [0.1, 0.15) is 0 Å². The van der Waals surface area contributed by atoms with Gasteiger partial charge < -0.3 is 28.9 Å². The third kappa shape index (κ3) is 21.7. The van der Waals surface area contributed by atoms with Gasteiger partial charge in [0.05, 0.1) is 18.8 Å². The van der Waals surface area contributed by atoms with Crippen LogP contribution in [0.4, 0.5) is 0 Å². The molecule has 2 unspecified atom stereocenters. The first kappa shape index (κ1) is 31.9. The number of carbonyl (C=O) groups excluding carboxylic acids is 1. The summed E-state index contributed by atoms with van der Waals surface area (Å²) in [7, 11) is 1.58. The Hall–Kier alpha value is -0.120. The molecule has 0 radical (unpaired) electrons. The summed E-state index contributed by atoms with van der Waals surface area (Å²) in [6.45, 7) is 10.2. The topological polar surface area (TPSA) is 98.3 Å². The van der Waals surface area contributed by atoms with Gasteiger partial charge in [0.2, 0.25) is 12.3 Å². The van der Waals surface area contributed by atoms with Crippen molar-refractivity contribution in [2.45, 2.75) is 84.7 Å². The average Bonchev–Trinajstić information content (AvgIpc) is 2.68. The summed E-state index contributed by atoms with van der Waals surface area (Å²) in [5.41, 5.74) is -0.299. The number of ether oxygens (including phenoxy) is 3. The minimum atomic E-state index is -2.53. The molecule has 0 bridgehead atoms. The maximum Gasteiger partial charge on any atom is 0.220 e. The second-order valence-electron chi connectivity index (χ2n) is 9.08. The van der Waals surface area contributed by atoms with E-state index in [1.807, 2.05) is 13.8 Å². The Morgan fingerprint density at radius 2 is 1.78 bits per heavy atom. The quantitative estimate of drug-likeness (QED) is 0.125. The van der Waals surface area contributed by atoms with Crippen molar-refractivity contribution < 1.29 is 28.4 Å². The van der Waals surface area contributed by atoms with Crippen molar-refractivity contribution in [2.24, 2.45) is 5.92 Å². The zero-order chi connectivity index (χ0) is 24.5. The molecule has 0 aromatic carbocycles. The van der Waals surface area contributed by atoms with Crippen LogP contribution in [0.2, 0.25) is 0 Å². The SMILES string of the molecule is COC(NCCCCCCOP(C)(O)=S)OCCNC(=O)CCC(C)(C)OCCC(C)C. The Kier molecular flexibility index (Phi) is 18.2. The summed E-state index contributed by atoms with van der Waals surface area (Å²) >= 11 is 4.83. The molecule has 3 N–H and O–H groups in total. The number of hydrogen-bond acceptors (Lipinski definition) is 7. The standard InChI is InChI=1S/C22H47N2O6PS/c1-19(2)12-17-29-22(3,4)13-11-20(25)23-15-18-28-21(27-5)24-14-9-7-8-10-16-30-31(6,26)32/h19,21,24H,7-18H2,1-6H3,(H,23,25)(H,26,32). The Morgan fingerprint density at radius 1 is 1.09 bits per heavy atom. The Morgan fingerprint density at radius 3 is 2.41 bits per heavy atom. The lowest BCUT2D eigenvalue weighted by atomic mass is 10.0. The number of methoxy groups -OCH3 is 1. The number of hydrogen-bond donors (Lipinski definition) is 3. The van der Waals surface area contributed by atoms with Gasteiger partial charge in [-0.05, 0) is 63.8 Å². The van der Waals surface area contributed by atoms with E-state index < -0.39 is 12.9 Å². The first-order valence-electron chi connectivity index (χ1n) is 11.7. The summed E-state index contributed by atoms with van der Waals surface area (Å²) < 4.78 is 22.0. The van der Waals surface area contributed by atoms with Crippen LogP contribution in [0.15, 0.2) is 0 Å². The van der Waals surface area contributed by atoms with Gasteiger partial charge in [0.25, 0.3) is 0 Å². The molecule has 0 fully saturated rings. The molecule has 0 aliphatic carbocycles. The molecule has 192 valence electrons. The molecule has 2 atom stereocenters. The van der Waals surface area contributed by atoms with Crippen LogP contribution in [-0.4, -0.2) is 69.5 Å². The third-order valence-electron chi connectivity index (χ3n) is 4.76. The molecule has 0 aliphatic rings. The summed E-state index contributed by atoms with van der Waals surface area (Å²) in [5.74, 6) is 0.613. The van der Waals surface area contributed by atoms with Gasteiger partial charge in [0, 0.05) is 33.3 Å². The van der Waals surface area contributed by atoms with Crippen LogP contribution in [0.3, 0.4) is 0 Å². The van der Waals surface area contributed by atoms with Gasteiger partial charge in [0.15, 0.2) is 6.49 Å². The van der Waals surface area contributed by atoms with Gasteiger partial charge >= 0.3 is 0 Å². The highest BCUT2D eigenvalue weighted by Crippen LogP contribution is 2.37. The van der Waals surface area contributed by atoms with Gasteiger partial charge in [-0.2, -0.15) is 0 Å². The first-order valence-corrected chi connectivity index (χ1v) is 14.8. The Labute approximate surface area is 200 Å². The number of carbonyl (C=O) groups is 1. The lowest BCUT2D eigenvalue weighted by Crippen LogP contribution is -2.37. The lowest BCUT2D eigenvalue weighted by molar-refractivity contribution is -0.143. The van der Waals surface area contributed by atoms with Crippen LogP contribution in [-0.2, 0) is 35.3 Å². The molecule has 0 rings (SSSR count). The molecule has 0 saturated carbocycles. The molecular formula is C22H47N2O6PS. The number of unbranched alkanes of at least 4 members (excludes halogenated alkanes) is 3. The average molecular weight is 499 g/mol. The second-order valence-corrected chi connectivity index (χ2v) is 13.0. The molecule has 0 aliphatic heterocycles. The molecule has 0 aromatic rings. The van der Waals surface area contributed by atoms with Gasteiger partial charge in [-0.3, -0.25) is 10.1 Å². The van der Waals surface area contributed by atoms with E-state index in [1.165, 1.54) is 0 Å². The van der Waals surface area contributed by atoms with E-state index in [-0.39, 0.29) is 11.5 Å². The lowest BCUT2D eigenvalue weighted by Gasteiger charge is -2.25. The molecule has 10 heteroatoms. The number of rotatable bonds is 21. The van der Waals surface area contributed by atoms with Crippen LogP contribution in [0, 0.1) is 5.92 Å². The maximum atomic E-state index is 12.1. The van der Waals surface area contributed by atoms with Crippen LogP contribution in [0.25, 0.3) is 0 Å². The molecule has 1 amide bonds. The fourth-order valence-corrected chi connectivity index (χ4v) is 3.44. The van der Waals surface area contributed by atoms with Gasteiger partial charge in [-0.25, -0.2) is 0 Å². The van der Waals surface area contributed by atoms with Crippen LogP contribution < -0.4 is 10.6 Å². The van der Waals surface area contributed by atoms with E-state index in [2.05, 4.69) is 24.5 Å². The van der Waals surface area contributed by atoms with E-state index in [9.17, 15) is 9.69 Å². The van der Waals surface area contributed by atoms with E-state index in [0.717, 1.165) is 45.3 Å². The molecule has 0 saturated heterocycles. The maximum absolute atomic E-state index is 12.1. The zero-order valence-electron chi connectivity index (χ0n) is 21.0. The van der Waals surface area contributed by atoms with Crippen molar-refractivity contribution in [1.82, 2.24) is 10.6 Å². The van der Waals surface area contributed by atoms with Crippen LogP contribution in [0.5, 0.6) is 0 Å². The monoisotopic (exact) mass is 498 g/mol. The smallest absolute Gasteiger partial charge is 0.220 e. The van der Waals surface area contributed by atoms with E-state index in [4.69, 9.17) is 30.5 Å². The van der Waals surface area contributed by atoms with Crippen molar-refractivity contribution in [2.75, 3.05) is 46.7 Å². The minimum Gasteiger partial charge on any atom is -0.376 e. The molecule has 8 nitrogen and oxygen atoms in total. The molecule has 0 spiro atoms. The van der Waals surface area contributed by atoms with E-state index in [1.54, 1.807) is 13.8 Å². The highest BCUT2D eigenvalue weighted by atomic mass is 32.5. The summed E-state index contributed by atoms with van der Waals surface area (Å²) in [4.78, 5) is 21.5. The molecule has 32 heavy (non-hydrogen) atoms. The van der Waals surface area contributed by atoms with Crippen molar-refractivity contribution in [1.29, 1.82) is 0 Å². The molecule has 0 aromatic heterocycles. The fourth-order valence-electron chi connectivity index (χ4n) is 2.75. The third-order valence-corrected chi connectivity index (χ3v) is 5.74. The Balaban J connectivity index is 3.73. The normalized spacial score (nSPS) is 15.0. The molecular weight excluding hydrogens is 451 g/mol.